The number of halogens is 2. The normalized spacial score (nSPS) is 10.1. The summed E-state index contributed by atoms with van der Waals surface area (Å²) < 4.78 is 0.523. The topological polar surface area (TPSA) is 43.1 Å². The van der Waals surface area contributed by atoms with Crippen LogP contribution in [0.5, 0.6) is 0 Å². The van der Waals surface area contributed by atoms with E-state index in [2.05, 4.69) is 15.9 Å². The van der Waals surface area contributed by atoms with Gasteiger partial charge in [0.2, 0.25) is 0 Å². The summed E-state index contributed by atoms with van der Waals surface area (Å²) in [6, 6.07) is 5.04. The van der Waals surface area contributed by atoms with Crippen LogP contribution in [0.15, 0.2) is 22.7 Å². The number of nitrogens with zero attached hydrogens (tertiary/aromatic N) is 1. The maximum atomic E-state index is 10.5. The summed E-state index contributed by atoms with van der Waals surface area (Å²) in [5.41, 5.74) is 1.16. The maximum absolute atomic E-state index is 10.5. The van der Waals surface area contributed by atoms with Gasteiger partial charge in [-0.3, -0.25) is 10.1 Å². The van der Waals surface area contributed by atoms with Gasteiger partial charge < -0.3 is 0 Å². The second-order valence-corrected chi connectivity index (χ2v) is 4.07. The predicted molar refractivity (Wildman–Crippen MR) is 59.8 cm³/mol. The van der Waals surface area contributed by atoms with Crippen molar-refractivity contribution in [1.82, 2.24) is 0 Å². The van der Waals surface area contributed by atoms with E-state index in [4.69, 9.17) is 11.6 Å². The van der Waals surface area contributed by atoms with Crippen LogP contribution >= 0.6 is 27.5 Å². The van der Waals surface area contributed by atoms with Crippen molar-refractivity contribution in [3.05, 3.63) is 38.3 Å². The lowest BCUT2D eigenvalue weighted by molar-refractivity contribution is -0.385. The zero-order valence-corrected chi connectivity index (χ0v) is 9.71. The van der Waals surface area contributed by atoms with Crippen LogP contribution in [0.3, 0.4) is 0 Å². The molecule has 0 saturated heterocycles. The van der Waals surface area contributed by atoms with E-state index in [-0.39, 0.29) is 5.69 Å². The largest absolute Gasteiger partial charge is 0.283 e. The Morgan fingerprint density at radius 1 is 1.50 bits per heavy atom. The summed E-state index contributed by atoms with van der Waals surface area (Å²) in [6.07, 6.45) is 1.73. The third-order valence-corrected chi connectivity index (χ3v) is 2.71. The van der Waals surface area contributed by atoms with Crippen molar-refractivity contribution in [2.24, 2.45) is 0 Å². The summed E-state index contributed by atoms with van der Waals surface area (Å²) in [5.74, 6) is 0.606. The van der Waals surface area contributed by atoms with Crippen LogP contribution in [0.25, 0.3) is 0 Å². The van der Waals surface area contributed by atoms with Crippen molar-refractivity contribution < 1.29 is 4.92 Å². The van der Waals surface area contributed by atoms with Crippen molar-refractivity contribution in [3.8, 4) is 0 Å². The van der Waals surface area contributed by atoms with Gasteiger partial charge in [-0.2, -0.15) is 0 Å². The first-order valence-corrected chi connectivity index (χ1v) is 5.46. The standard InChI is InChI=1S/C9H9BrClNO2/c10-8-6-7(2-1-5-11)3-4-9(8)12(13)14/h3-4,6H,1-2,5H2. The minimum Gasteiger partial charge on any atom is -0.258 e. The fraction of sp³-hybridized carbons (Fsp3) is 0.333. The zero-order valence-electron chi connectivity index (χ0n) is 7.37. The molecule has 76 valence electrons. The summed E-state index contributed by atoms with van der Waals surface area (Å²) in [5, 5.41) is 10.5. The summed E-state index contributed by atoms with van der Waals surface area (Å²) in [6.45, 7) is 0. The lowest BCUT2D eigenvalue weighted by Crippen LogP contribution is -1.92. The highest BCUT2D eigenvalue weighted by molar-refractivity contribution is 9.10. The van der Waals surface area contributed by atoms with Gasteiger partial charge in [0, 0.05) is 11.9 Å². The Balaban J connectivity index is 2.83. The monoisotopic (exact) mass is 277 g/mol. The van der Waals surface area contributed by atoms with E-state index < -0.39 is 4.92 Å². The Labute approximate surface area is 95.4 Å². The molecule has 0 bridgehead atoms. The van der Waals surface area contributed by atoms with Gasteiger partial charge in [-0.05, 0) is 40.4 Å². The molecule has 0 aromatic heterocycles. The molecule has 0 radical (unpaired) electrons. The molecule has 0 saturated carbocycles. The highest BCUT2D eigenvalue weighted by Gasteiger charge is 2.10. The number of aryl methyl sites for hydroxylation is 1. The van der Waals surface area contributed by atoms with Crippen molar-refractivity contribution in [2.75, 3.05) is 5.88 Å². The zero-order chi connectivity index (χ0) is 10.6. The molecule has 0 N–H and O–H groups in total. The molecule has 0 fully saturated rings. The van der Waals surface area contributed by atoms with Crippen LogP contribution in [-0.2, 0) is 6.42 Å². The fourth-order valence-electron chi connectivity index (χ4n) is 1.12. The Kier molecular flexibility index (Phi) is 4.35. The molecular weight excluding hydrogens is 269 g/mol. The Hall–Kier alpha value is -0.610. The smallest absolute Gasteiger partial charge is 0.258 e. The number of benzene rings is 1. The molecule has 0 unspecified atom stereocenters. The number of rotatable bonds is 4. The Morgan fingerprint density at radius 3 is 2.71 bits per heavy atom. The molecule has 14 heavy (non-hydrogen) atoms. The molecule has 0 amide bonds. The first-order valence-electron chi connectivity index (χ1n) is 4.14. The quantitative estimate of drug-likeness (QED) is 0.480. The summed E-state index contributed by atoms with van der Waals surface area (Å²) in [7, 11) is 0. The van der Waals surface area contributed by atoms with Crippen LogP contribution in [0.2, 0.25) is 0 Å². The van der Waals surface area contributed by atoms with E-state index in [0.29, 0.717) is 10.4 Å². The van der Waals surface area contributed by atoms with E-state index in [1.165, 1.54) is 6.07 Å². The molecule has 1 rings (SSSR count). The van der Waals surface area contributed by atoms with Crippen LogP contribution in [0.4, 0.5) is 5.69 Å². The fourth-order valence-corrected chi connectivity index (χ4v) is 1.83. The van der Waals surface area contributed by atoms with Crippen LogP contribution in [-0.4, -0.2) is 10.8 Å². The lowest BCUT2D eigenvalue weighted by atomic mass is 10.1. The Bertz CT molecular complexity index is 344. The molecule has 1 aromatic carbocycles. The molecule has 1 aromatic rings. The minimum atomic E-state index is -0.407. The molecule has 0 aliphatic heterocycles. The van der Waals surface area contributed by atoms with Crippen LogP contribution < -0.4 is 0 Å². The molecule has 0 atom stereocenters. The third kappa shape index (κ3) is 2.96. The Morgan fingerprint density at radius 2 is 2.21 bits per heavy atom. The van der Waals surface area contributed by atoms with Crippen molar-refractivity contribution in [3.63, 3.8) is 0 Å². The van der Waals surface area contributed by atoms with Gasteiger partial charge in [0.25, 0.3) is 5.69 Å². The second kappa shape index (κ2) is 5.32. The number of hydrogen-bond donors (Lipinski definition) is 0. The first-order chi connectivity index (χ1) is 6.65. The summed E-state index contributed by atoms with van der Waals surface area (Å²) >= 11 is 8.72. The molecule has 0 spiro atoms. The van der Waals surface area contributed by atoms with Gasteiger partial charge in [-0.15, -0.1) is 11.6 Å². The van der Waals surface area contributed by atoms with E-state index in [9.17, 15) is 10.1 Å². The third-order valence-electron chi connectivity index (χ3n) is 1.81. The SMILES string of the molecule is O=[N+]([O-])c1ccc(CCCCl)cc1Br. The molecule has 5 heteroatoms. The number of nitro benzene ring substituents is 1. The van der Waals surface area contributed by atoms with Crippen LogP contribution in [0.1, 0.15) is 12.0 Å². The maximum Gasteiger partial charge on any atom is 0.283 e. The molecular formula is C9H9BrClNO2. The number of alkyl halides is 1. The van der Waals surface area contributed by atoms with E-state index in [1.54, 1.807) is 12.1 Å². The molecule has 0 aliphatic carbocycles. The lowest BCUT2D eigenvalue weighted by Gasteiger charge is -2.00. The molecule has 3 nitrogen and oxygen atoms in total. The summed E-state index contributed by atoms with van der Waals surface area (Å²) in [4.78, 5) is 10.1. The minimum absolute atomic E-state index is 0.0969. The highest BCUT2D eigenvalue weighted by Crippen LogP contribution is 2.25. The predicted octanol–water partition coefficient (Wildman–Crippen LogP) is 3.53. The number of nitro groups is 1. The van der Waals surface area contributed by atoms with Gasteiger partial charge in [0.1, 0.15) is 0 Å². The van der Waals surface area contributed by atoms with Crippen molar-refractivity contribution >= 4 is 33.2 Å². The second-order valence-electron chi connectivity index (χ2n) is 2.84. The van der Waals surface area contributed by atoms with E-state index in [1.807, 2.05) is 0 Å². The van der Waals surface area contributed by atoms with Crippen molar-refractivity contribution in [2.45, 2.75) is 12.8 Å². The molecule has 0 aliphatic rings. The van der Waals surface area contributed by atoms with Gasteiger partial charge >= 0.3 is 0 Å². The van der Waals surface area contributed by atoms with Crippen LogP contribution in [0, 0.1) is 10.1 Å². The highest BCUT2D eigenvalue weighted by atomic mass is 79.9. The van der Waals surface area contributed by atoms with E-state index in [0.717, 1.165) is 18.4 Å². The molecule has 0 heterocycles. The first kappa shape index (κ1) is 11.5. The van der Waals surface area contributed by atoms with E-state index >= 15 is 0 Å². The van der Waals surface area contributed by atoms with Gasteiger partial charge in [0.15, 0.2) is 0 Å². The van der Waals surface area contributed by atoms with Gasteiger partial charge in [-0.1, -0.05) is 6.07 Å². The average Bonchev–Trinajstić information content (AvgIpc) is 2.14. The number of hydrogen-bond acceptors (Lipinski definition) is 2. The van der Waals surface area contributed by atoms with Gasteiger partial charge in [0.05, 0.1) is 9.40 Å². The van der Waals surface area contributed by atoms with Gasteiger partial charge in [-0.25, -0.2) is 0 Å². The average molecular weight is 279 g/mol. The van der Waals surface area contributed by atoms with Crippen molar-refractivity contribution in [1.29, 1.82) is 0 Å².